The smallest absolute Gasteiger partial charge is 0.251 e. The van der Waals surface area contributed by atoms with E-state index < -0.39 is 11.6 Å². The fourth-order valence-corrected chi connectivity index (χ4v) is 3.45. The minimum Gasteiger partial charge on any atom is -0.388 e. The molecule has 1 amide bonds. The maximum atomic E-state index is 13.1. The van der Waals surface area contributed by atoms with Crippen LogP contribution in [0.5, 0.6) is 0 Å². The second-order valence-electron chi connectivity index (χ2n) is 6.90. The Hall–Kier alpha value is -2.24. The van der Waals surface area contributed by atoms with Crippen LogP contribution in [0.2, 0.25) is 0 Å². The summed E-state index contributed by atoms with van der Waals surface area (Å²) in [5.74, 6) is -0.704. The van der Waals surface area contributed by atoms with Gasteiger partial charge in [-0.3, -0.25) is 9.69 Å². The van der Waals surface area contributed by atoms with E-state index >= 15 is 0 Å². The Morgan fingerprint density at radius 1 is 1.20 bits per heavy atom. The molecule has 25 heavy (non-hydrogen) atoms. The highest BCUT2D eigenvalue weighted by Crippen LogP contribution is 2.36. The lowest BCUT2D eigenvalue weighted by atomic mass is 9.80. The molecule has 0 saturated carbocycles. The number of nitrogens with zero attached hydrogens (tertiary/aromatic N) is 1. The topological polar surface area (TPSA) is 52.6 Å². The van der Waals surface area contributed by atoms with Crippen molar-refractivity contribution in [2.75, 3.05) is 13.6 Å². The summed E-state index contributed by atoms with van der Waals surface area (Å²) in [5.41, 5.74) is 0.370. The molecule has 0 radical (unpaired) electrons. The third kappa shape index (κ3) is 3.72. The van der Waals surface area contributed by atoms with E-state index in [0.717, 1.165) is 12.1 Å². The van der Waals surface area contributed by atoms with E-state index in [-0.39, 0.29) is 17.8 Å². The van der Waals surface area contributed by atoms with E-state index in [2.05, 4.69) is 10.2 Å². The molecule has 4 nitrogen and oxygen atoms in total. The van der Waals surface area contributed by atoms with Crippen LogP contribution in [0.15, 0.2) is 54.6 Å². The minimum atomic E-state index is -1.04. The van der Waals surface area contributed by atoms with Crippen LogP contribution in [0.25, 0.3) is 0 Å². The van der Waals surface area contributed by atoms with E-state index in [0.29, 0.717) is 12.0 Å². The Morgan fingerprint density at radius 2 is 1.84 bits per heavy atom. The number of halogens is 1. The van der Waals surface area contributed by atoms with Crippen LogP contribution in [0.1, 0.15) is 35.3 Å². The summed E-state index contributed by atoms with van der Waals surface area (Å²) < 4.78 is 13.1. The molecule has 5 heteroatoms. The molecule has 0 spiro atoms. The number of nitrogens with one attached hydrogen (secondary N) is 1. The first-order valence-electron chi connectivity index (χ1n) is 8.42. The zero-order valence-electron chi connectivity index (χ0n) is 14.4. The highest BCUT2D eigenvalue weighted by molar-refractivity contribution is 5.94. The predicted molar refractivity (Wildman–Crippen MR) is 94.7 cm³/mol. The van der Waals surface area contributed by atoms with Crippen molar-refractivity contribution in [3.05, 3.63) is 71.5 Å². The van der Waals surface area contributed by atoms with Gasteiger partial charge in [-0.25, -0.2) is 4.39 Å². The summed E-state index contributed by atoms with van der Waals surface area (Å²) in [6, 6.07) is 14.6. The van der Waals surface area contributed by atoms with Gasteiger partial charge in [0.05, 0.1) is 17.7 Å². The van der Waals surface area contributed by atoms with Crippen molar-refractivity contribution in [1.82, 2.24) is 10.2 Å². The normalized spacial score (nSPS) is 27.0. The van der Waals surface area contributed by atoms with Crippen LogP contribution in [0, 0.1) is 5.82 Å². The van der Waals surface area contributed by atoms with Crippen LogP contribution in [-0.2, 0) is 0 Å². The van der Waals surface area contributed by atoms with E-state index in [9.17, 15) is 14.3 Å². The maximum absolute atomic E-state index is 13.1. The first-order valence-corrected chi connectivity index (χ1v) is 8.42. The van der Waals surface area contributed by atoms with Crippen LogP contribution < -0.4 is 5.32 Å². The molecule has 3 atom stereocenters. The van der Waals surface area contributed by atoms with Crippen LogP contribution in [-0.4, -0.2) is 41.1 Å². The standard InChI is InChI=1S/C20H23FN2O2/c1-20(25)12-13-23(2)17(14-6-4-3-5-7-14)18(20)22-19(24)15-8-10-16(21)11-9-15/h3-11,17-18,25H,12-13H2,1-2H3,(H,22,24). The molecule has 0 aromatic heterocycles. The predicted octanol–water partition coefficient (Wildman–Crippen LogP) is 2.75. The van der Waals surface area contributed by atoms with Crippen molar-refractivity contribution in [1.29, 1.82) is 0 Å². The van der Waals surface area contributed by atoms with Crippen molar-refractivity contribution in [3.8, 4) is 0 Å². The summed E-state index contributed by atoms with van der Waals surface area (Å²) in [5, 5.41) is 13.9. The lowest BCUT2D eigenvalue weighted by molar-refractivity contribution is -0.0566. The number of carbonyl (C=O) groups is 1. The third-order valence-corrected chi connectivity index (χ3v) is 4.97. The van der Waals surface area contributed by atoms with Gasteiger partial charge in [0.1, 0.15) is 5.82 Å². The fourth-order valence-electron chi connectivity index (χ4n) is 3.45. The number of likely N-dealkylation sites (N-methyl/N-ethyl adjacent to an activating group) is 1. The Morgan fingerprint density at radius 3 is 2.48 bits per heavy atom. The van der Waals surface area contributed by atoms with Gasteiger partial charge in [-0.1, -0.05) is 30.3 Å². The maximum Gasteiger partial charge on any atom is 0.251 e. The minimum absolute atomic E-state index is 0.144. The Labute approximate surface area is 147 Å². The number of hydrogen-bond donors (Lipinski definition) is 2. The van der Waals surface area contributed by atoms with Crippen LogP contribution in [0.4, 0.5) is 4.39 Å². The molecule has 1 aliphatic heterocycles. The first kappa shape index (κ1) is 17.6. The largest absolute Gasteiger partial charge is 0.388 e. The number of piperidine rings is 1. The van der Waals surface area contributed by atoms with Crippen molar-refractivity contribution in [3.63, 3.8) is 0 Å². The molecule has 3 unspecified atom stereocenters. The second-order valence-corrected chi connectivity index (χ2v) is 6.90. The molecule has 2 aromatic carbocycles. The molecule has 2 N–H and O–H groups in total. The highest BCUT2D eigenvalue weighted by Gasteiger charge is 2.45. The monoisotopic (exact) mass is 342 g/mol. The number of carbonyl (C=O) groups excluding carboxylic acids is 1. The average Bonchev–Trinajstić information content (AvgIpc) is 2.60. The van der Waals surface area contributed by atoms with Gasteiger partial charge in [-0.2, -0.15) is 0 Å². The number of benzene rings is 2. The van der Waals surface area contributed by atoms with Gasteiger partial charge >= 0.3 is 0 Å². The average molecular weight is 342 g/mol. The van der Waals surface area contributed by atoms with Gasteiger partial charge in [0.2, 0.25) is 0 Å². The molecule has 0 bridgehead atoms. The Kier molecular flexibility index (Phi) is 4.88. The molecule has 1 heterocycles. The summed E-state index contributed by atoms with van der Waals surface area (Å²) in [7, 11) is 1.99. The van der Waals surface area contributed by atoms with Gasteiger partial charge < -0.3 is 10.4 Å². The summed E-state index contributed by atoms with van der Waals surface area (Å²) in [6.45, 7) is 2.49. The molecule has 3 rings (SSSR count). The van der Waals surface area contributed by atoms with E-state index in [4.69, 9.17) is 0 Å². The molecule has 1 fully saturated rings. The van der Waals surface area contributed by atoms with Gasteiger partial charge in [-0.05, 0) is 50.2 Å². The number of amides is 1. The van der Waals surface area contributed by atoms with Gasteiger partial charge in [0, 0.05) is 12.1 Å². The van der Waals surface area contributed by atoms with Gasteiger partial charge in [0.25, 0.3) is 5.91 Å². The van der Waals surface area contributed by atoms with Crippen molar-refractivity contribution in [2.45, 2.75) is 31.0 Å². The number of rotatable bonds is 3. The van der Waals surface area contributed by atoms with E-state index in [1.165, 1.54) is 24.3 Å². The van der Waals surface area contributed by atoms with Crippen LogP contribution >= 0.6 is 0 Å². The second kappa shape index (κ2) is 6.94. The molecule has 1 saturated heterocycles. The summed E-state index contributed by atoms with van der Waals surface area (Å²) in [6.07, 6.45) is 0.557. The first-order chi connectivity index (χ1) is 11.9. The zero-order chi connectivity index (χ0) is 18.0. The highest BCUT2D eigenvalue weighted by atomic mass is 19.1. The number of hydrogen-bond acceptors (Lipinski definition) is 3. The SMILES string of the molecule is CN1CCC(C)(O)C(NC(=O)c2ccc(F)cc2)C1c1ccccc1. The summed E-state index contributed by atoms with van der Waals surface area (Å²) >= 11 is 0. The summed E-state index contributed by atoms with van der Waals surface area (Å²) in [4.78, 5) is 14.8. The van der Waals surface area contributed by atoms with Crippen molar-refractivity contribution < 1.29 is 14.3 Å². The third-order valence-electron chi connectivity index (χ3n) is 4.97. The molecule has 1 aliphatic rings. The van der Waals surface area contributed by atoms with Gasteiger partial charge in [0.15, 0.2) is 0 Å². The molecule has 132 valence electrons. The number of likely N-dealkylation sites (tertiary alicyclic amines) is 1. The van der Waals surface area contributed by atoms with Crippen molar-refractivity contribution >= 4 is 5.91 Å². The molecular formula is C20H23FN2O2. The lowest BCUT2D eigenvalue weighted by Gasteiger charge is -2.48. The molecule has 0 aliphatic carbocycles. The zero-order valence-corrected chi connectivity index (χ0v) is 14.4. The Bertz CT molecular complexity index is 731. The van der Waals surface area contributed by atoms with Crippen LogP contribution in [0.3, 0.4) is 0 Å². The molecular weight excluding hydrogens is 319 g/mol. The quantitative estimate of drug-likeness (QED) is 0.902. The van der Waals surface area contributed by atoms with E-state index in [1.807, 2.05) is 37.4 Å². The number of aliphatic hydroxyl groups is 1. The van der Waals surface area contributed by atoms with Gasteiger partial charge in [-0.15, -0.1) is 0 Å². The fraction of sp³-hybridized carbons (Fsp3) is 0.350. The lowest BCUT2D eigenvalue weighted by Crippen LogP contribution is -2.61. The van der Waals surface area contributed by atoms with Crippen molar-refractivity contribution in [2.24, 2.45) is 0 Å². The van der Waals surface area contributed by atoms with E-state index in [1.54, 1.807) is 6.92 Å². The molecule has 2 aromatic rings. The Balaban J connectivity index is 1.90.